The average molecular weight is 468 g/mol. The van der Waals surface area contributed by atoms with E-state index in [-0.39, 0.29) is 20.6 Å². The molecule has 0 saturated carbocycles. The Morgan fingerprint density at radius 3 is 2.58 bits per heavy atom. The second-order valence-corrected chi connectivity index (χ2v) is 9.28. The van der Waals surface area contributed by atoms with Crippen LogP contribution in [0.3, 0.4) is 0 Å². The summed E-state index contributed by atoms with van der Waals surface area (Å²) in [5.74, 6) is 0.0400. The third-order valence-corrected chi connectivity index (χ3v) is 6.92. The molecular weight excluding hydrogens is 434 g/mol. The lowest BCUT2D eigenvalue weighted by Crippen LogP contribution is -2.46. The highest BCUT2D eigenvalue weighted by Gasteiger charge is 2.20. The van der Waals surface area contributed by atoms with Gasteiger partial charge in [-0.1, -0.05) is 35.6 Å². The molecule has 1 fully saturated rings. The van der Waals surface area contributed by atoms with Crippen LogP contribution in [0.2, 0.25) is 0 Å². The summed E-state index contributed by atoms with van der Waals surface area (Å²) in [6, 6.07) is 13.6. The number of likely N-dealkylation sites (tertiary alicyclic amines) is 1. The van der Waals surface area contributed by atoms with Crippen LogP contribution in [0.25, 0.3) is 26.4 Å². The zero-order valence-electron chi connectivity index (χ0n) is 19.2. The minimum atomic E-state index is -0.0144. The molecule has 0 spiro atoms. The second-order valence-electron chi connectivity index (χ2n) is 8.27. The Morgan fingerprint density at radius 2 is 1.88 bits per heavy atom. The standard InChI is InChI=1S/C24H24N4O2S.CH5N.2H2/c1-15(29)16-5-7-17(8-6-16)20-14-28-21-10-9-18(12-22(21)31-24(28)26-20)23(30)25-19-4-3-11-27(2)13-19;1-2;;/h5-10,12,14,19H,3-4,11,13H2,1-2H3,(H,25,30);2H2,1H3;2*1H/t19-;;;/m0.../s1. The van der Waals surface area contributed by atoms with Crippen LogP contribution < -0.4 is 11.1 Å². The molecule has 1 amide bonds. The number of hydrogen-bond acceptors (Lipinski definition) is 6. The van der Waals surface area contributed by atoms with E-state index < -0.39 is 0 Å². The Hall–Kier alpha value is -3.07. The molecule has 176 valence electrons. The van der Waals surface area contributed by atoms with E-state index >= 15 is 0 Å². The van der Waals surface area contributed by atoms with Gasteiger partial charge < -0.3 is 16.0 Å². The lowest BCUT2D eigenvalue weighted by Gasteiger charge is -2.30. The van der Waals surface area contributed by atoms with E-state index in [2.05, 4.69) is 27.4 Å². The van der Waals surface area contributed by atoms with Gasteiger partial charge in [-0.15, -0.1) is 0 Å². The molecule has 0 unspecified atom stereocenters. The van der Waals surface area contributed by atoms with Crippen LogP contribution in [-0.4, -0.2) is 59.2 Å². The lowest BCUT2D eigenvalue weighted by molar-refractivity contribution is 0.0912. The number of likely N-dealkylation sites (N-methyl/N-ethyl adjacent to an activating group) is 1. The zero-order chi connectivity index (χ0) is 23.5. The van der Waals surface area contributed by atoms with Gasteiger partial charge in [-0.05, 0) is 58.6 Å². The summed E-state index contributed by atoms with van der Waals surface area (Å²) in [5, 5.41) is 3.18. The molecule has 1 aliphatic rings. The Bertz CT molecular complexity index is 1300. The van der Waals surface area contributed by atoms with Crippen LogP contribution >= 0.6 is 11.3 Å². The Balaban J connectivity index is 0.00000105. The molecule has 5 rings (SSSR count). The first-order valence-corrected chi connectivity index (χ1v) is 11.9. The number of fused-ring (bicyclic) bond motifs is 3. The first-order chi connectivity index (χ1) is 16.0. The highest BCUT2D eigenvalue weighted by Crippen LogP contribution is 2.30. The molecule has 1 aliphatic heterocycles. The zero-order valence-corrected chi connectivity index (χ0v) is 20.0. The SMILES string of the molecule is CC(=O)c1ccc(-c2cn3c(n2)sc2cc(C(=O)N[C@H]4CCCN(C)C4)ccc23)cc1.CN.[HH].[HH]. The molecule has 2 aromatic carbocycles. The minimum absolute atomic E-state index is 0. The number of rotatable bonds is 4. The number of benzene rings is 2. The number of carbonyl (C=O) groups is 2. The number of Topliss-reactive ketones (excluding diaryl/α,β-unsaturated/α-hetero) is 1. The molecule has 3 heterocycles. The van der Waals surface area contributed by atoms with Crippen LogP contribution in [0.4, 0.5) is 0 Å². The summed E-state index contributed by atoms with van der Waals surface area (Å²) < 4.78 is 3.10. The normalized spacial score (nSPS) is 16.4. The van der Waals surface area contributed by atoms with Crippen molar-refractivity contribution in [1.82, 2.24) is 19.6 Å². The Kier molecular flexibility index (Phi) is 6.88. The van der Waals surface area contributed by atoms with Crippen molar-refractivity contribution in [2.45, 2.75) is 25.8 Å². The van der Waals surface area contributed by atoms with E-state index in [4.69, 9.17) is 4.98 Å². The van der Waals surface area contributed by atoms with Gasteiger partial charge in [0.2, 0.25) is 0 Å². The first kappa shape index (κ1) is 23.1. The number of carbonyl (C=O) groups excluding carboxylic acids is 2. The van der Waals surface area contributed by atoms with Gasteiger partial charge in [0.15, 0.2) is 10.7 Å². The first-order valence-electron chi connectivity index (χ1n) is 11.1. The number of nitrogens with zero attached hydrogens (tertiary/aromatic N) is 3. The summed E-state index contributed by atoms with van der Waals surface area (Å²) >= 11 is 1.57. The van der Waals surface area contributed by atoms with Crippen LogP contribution in [0.15, 0.2) is 48.7 Å². The van der Waals surface area contributed by atoms with Crippen LogP contribution in [-0.2, 0) is 0 Å². The monoisotopic (exact) mass is 467 g/mol. The highest BCUT2D eigenvalue weighted by atomic mass is 32.1. The fraction of sp³-hybridized carbons (Fsp3) is 0.320. The molecule has 2 aromatic heterocycles. The van der Waals surface area contributed by atoms with Crippen LogP contribution in [0.1, 0.15) is 43.3 Å². The molecule has 8 heteroatoms. The van der Waals surface area contributed by atoms with Crippen molar-refractivity contribution < 1.29 is 12.4 Å². The van der Waals surface area contributed by atoms with Gasteiger partial charge in [-0.3, -0.25) is 14.0 Å². The molecular formula is C25H33N5O2S. The molecule has 1 saturated heterocycles. The fourth-order valence-corrected chi connectivity index (χ4v) is 5.26. The number of nitrogens with two attached hydrogens (primary N) is 1. The Labute approximate surface area is 200 Å². The maximum Gasteiger partial charge on any atom is 0.251 e. The van der Waals surface area contributed by atoms with Gasteiger partial charge >= 0.3 is 0 Å². The molecule has 3 N–H and O–H groups in total. The van der Waals surface area contributed by atoms with Gasteiger partial charge in [0, 0.05) is 38.3 Å². The quantitative estimate of drug-likeness (QED) is 0.436. The number of imidazole rings is 1. The number of piperidine rings is 1. The number of amides is 1. The van der Waals surface area contributed by atoms with E-state index in [1.165, 1.54) is 7.05 Å². The van der Waals surface area contributed by atoms with Crippen molar-refractivity contribution in [3.8, 4) is 11.3 Å². The summed E-state index contributed by atoms with van der Waals surface area (Å²) in [7, 11) is 3.59. The minimum Gasteiger partial charge on any atom is -0.348 e. The molecule has 7 nitrogen and oxygen atoms in total. The van der Waals surface area contributed by atoms with Crippen molar-refractivity contribution in [3.05, 3.63) is 59.8 Å². The predicted octanol–water partition coefficient (Wildman–Crippen LogP) is 4.31. The van der Waals surface area contributed by atoms with Crippen molar-refractivity contribution in [2.75, 3.05) is 27.2 Å². The highest BCUT2D eigenvalue weighted by molar-refractivity contribution is 7.23. The molecule has 0 radical (unpaired) electrons. The Morgan fingerprint density at radius 1 is 1.15 bits per heavy atom. The maximum atomic E-state index is 12.8. The van der Waals surface area contributed by atoms with Gasteiger partial charge in [-0.2, -0.15) is 0 Å². The van der Waals surface area contributed by atoms with E-state index in [0.29, 0.717) is 11.1 Å². The number of aromatic nitrogens is 2. The second kappa shape index (κ2) is 9.82. The molecule has 33 heavy (non-hydrogen) atoms. The van der Waals surface area contributed by atoms with E-state index in [9.17, 15) is 9.59 Å². The van der Waals surface area contributed by atoms with Gasteiger partial charge in [-0.25, -0.2) is 4.98 Å². The van der Waals surface area contributed by atoms with Crippen molar-refractivity contribution in [3.63, 3.8) is 0 Å². The number of ketones is 1. The fourth-order valence-electron chi connectivity index (χ4n) is 4.21. The summed E-state index contributed by atoms with van der Waals surface area (Å²) in [6.07, 6.45) is 4.15. The van der Waals surface area contributed by atoms with E-state index in [0.717, 1.165) is 52.4 Å². The molecule has 1 atom stereocenters. The largest absolute Gasteiger partial charge is 0.348 e. The molecule has 4 aromatic rings. The summed E-state index contributed by atoms with van der Waals surface area (Å²) in [4.78, 5) is 32.2. The van der Waals surface area contributed by atoms with Crippen molar-refractivity contribution in [1.29, 1.82) is 0 Å². The average Bonchev–Trinajstić information content (AvgIpc) is 3.38. The molecule has 0 aliphatic carbocycles. The summed E-state index contributed by atoms with van der Waals surface area (Å²) in [6.45, 7) is 3.56. The van der Waals surface area contributed by atoms with Gasteiger partial charge in [0.1, 0.15) is 0 Å². The number of thiazole rings is 1. The lowest BCUT2D eigenvalue weighted by atomic mass is 10.1. The van der Waals surface area contributed by atoms with Gasteiger partial charge in [0.05, 0.1) is 15.9 Å². The number of nitrogens with one attached hydrogen (secondary N) is 1. The van der Waals surface area contributed by atoms with E-state index in [1.807, 2.05) is 48.7 Å². The van der Waals surface area contributed by atoms with E-state index in [1.54, 1.807) is 18.3 Å². The maximum absolute atomic E-state index is 12.8. The third-order valence-electron chi connectivity index (χ3n) is 5.90. The predicted molar refractivity (Wildman–Crippen MR) is 138 cm³/mol. The van der Waals surface area contributed by atoms with Crippen LogP contribution in [0, 0.1) is 0 Å². The van der Waals surface area contributed by atoms with Gasteiger partial charge in [0.25, 0.3) is 5.91 Å². The van der Waals surface area contributed by atoms with Crippen molar-refractivity contribution >= 4 is 38.2 Å². The topological polar surface area (TPSA) is 92.7 Å². The van der Waals surface area contributed by atoms with Crippen molar-refractivity contribution in [2.24, 2.45) is 5.73 Å². The van der Waals surface area contributed by atoms with Crippen LogP contribution in [0.5, 0.6) is 0 Å². The third kappa shape index (κ3) is 4.83. The molecule has 0 bridgehead atoms. The number of hydrogen-bond donors (Lipinski definition) is 2. The summed E-state index contributed by atoms with van der Waals surface area (Å²) in [5.41, 5.74) is 8.76. The smallest absolute Gasteiger partial charge is 0.251 e.